The van der Waals surface area contributed by atoms with Crippen molar-refractivity contribution in [2.45, 2.75) is 31.7 Å². The van der Waals surface area contributed by atoms with Crippen molar-refractivity contribution >= 4 is 5.91 Å². The van der Waals surface area contributed by atoms with Crippen molar-refractivity contribution in [2.75, 3.05) is 20.1 Å². The average molecular weight is 418 g/mol. The van der Waals surface area contributed by atoms with Gasteiger partial charge in [0.2, 0.25) is 5.91 Å². The van der Waals surface area contributed by atoms with E-state index in [-0.39, 0.29) is 11.5 Å². The van der Waals surface area contributed by atoms with E-state index in [0.717, 1.165) is 43.0 Å². The predicted molar refractivity (Wildman–Crippen MR) is 119 cm³/mol. The molecule has 3 aromatic rings. The van der Waals surface area contributed by atoms with Gasteiger partial charge in [0, 0.05) is 56.3 Å². The molecular formula is C24H27N5O2. The van der Waals surface area contributed by atoms with Gasteiger partial charge < -0.3 is 15.2 Å². The number of hydrogen-bond acceptors (Lipinski definition) is 4. The second-order valence-corrected chi connectivity index (χ2v) is 8.51. The van der Waals surface area contributed by atoms with E-state index in [1.165, 1.54) is 0 Å². The van der Waals surface area contributed by atoms with Crippen molar-refractivity contribution in [3.05, 3.63) is 70.4 Å². The lowest BCUT2D eigenvalue weighted by Gasteiger charge is -2.37. The maximum Gasteiger partial charge on any atom is 0.261 e. The van der Waals surface area contributed by atoms with Gasteiger partial charge in [-0.3, -0.25) is 14.2 Å². The number of piperidine rings is 1. The van der Waals surface area contributed by atoms with Gasteiger partial charge in [-0.2, -0.15) is 0 Å². The Morgan fingerprint density at radius 2 is 2.03 bits per heavy atom. The van der Waals surface area contributed by atoms with E-state index in [9.17, 15) is 9.59 Å². The quantitative estimate of drug-likeness (QED) is 0.666. The Labute approximate surface area is 181 Å². The van der Waals surface area contributed by atoms with Crippen LogP contribution in [0.1, 0.15) is 30.0 Å². The summed E-state index contributed by atoms with van der Waals surface area (Å²) >= 11 is 0. The van der Waals surface area contributed by atoms with Gasteiger partial charge in [-0.15, -0.1) is 0 Å². The lowest BCUT2D eigenvalue weighted by atomic mass is 9.84. The summed E-state index contributed by atoms with van der Waals surface area (Å²) in [5, 5.41) is 6.14. The molecule has 2 atom stereocenters. The number of aromatic nitrogens is 3. The van der Waals surface area contributed by atoms with Gasteiger partial charge in [-0.1, -0.05) is 12.1 Å². The molecule has 0 unspecified atom stereocenters. The number of imidazole rings is 1. The third kappa shape index (κ3) is 3.70. The number of carbonyl (C=O) groups is 1. The molecule has 0 radical (unpaired) electrons. The highest BCUT2D eigenvalue weighted by Gasteiger charge is 2.31. The molecule has 7 heteroatoms. The summed E-state index contributed by atoms with van der Waals surface area (Å²) in [5.74, 6) is 1.62. The molecule has 7 nitrogen and oxygen atoms in total. The summed E-state index contributed by atoms with van der Waals surface area (Å²) in [6, 6.07) is 12.1. The zero-order chi connectivity index (χ0) is 21.4. The van der Waals surface area contributed by atoms with Crippen LogP contribution >= 0.6 is 0 Å². The van der Waals surface area contributed by atoms with E-state index in [2.05, 4.69) is 21.7 Å². The minimum absolute atomic E-state index is 0.0359. The molecule has 2 bridgehead atoms. The fraction of sp³-hybridized carbons (Fsp3) is 0.375. The molecule has 4 heterocycles. The number of pyridine rings is 1. The van der Waals surface area contributed by atoms with E-state index in [1.807, 2.05) is 45.7 Å². The summed E-state index contributed by atoms with van der Waals surface area (Å²) in [4.78, 5) is 29.4. The summed E-state index contributed by atoms with van der Waals surface area (Å²) in [6.07, 6.45) is 5.94. The molecule has 31 heavy (non-hydrogen) atoms. The fourth-order valence-electron chi connectivity index (χ4n) is 4.88. The van der Waals surface area contributed by atoms with Gasteiger partial charge in [0.25, 0.3) is 5.56 Å². The maximum atomic E-state index is 13.4. The topological polar surface area (TPSA) is 81.0 Å². The minimum Gasteiger partial charge on any atom is -0.359 e. The standard InChI is InChI=1S/C24H27N5O2/c1-25-22(30)9-4-16-2-5-19(6-3-16)28-11-10-27-23(28)20-7-8-21-18-12-17(13-26-14-18)15-29(21)24(20)31/h2-3,5-8,10-11,17-18,26H,4,9,12-15H2,1H3,(H,25,30)/t17-,18+/m0/s1. The molecule has 0 aliphatic carbocycles. The van der Waals surface area contributed by atoms with Crippen LogP contribution in [0.4, 0.5) is 0 Å². The molecule has 2 aliphatic heterocycles. The Morgan fingerprint density at radius 3 is 2.84 bits per heavy atom. The number of hydrogen-bond donors (Lipinski definition) is 2. The monoisotopic (exact) mass is 417 g/mol. The average Bonchev–Trinajstić information content (AvgIpc) is 3.28. The summed E-state index contributed by atoms with van der Waals surface area (Å²) in [5.41, 5.74) is 3.85. The minimum atomic E-state index is 0.0359. The van der Waals surface area contributed by atoms with Crippen LogP contribution in [-0.4, -0.2) is 40.2 Å². The summed E-state index contributed by atoms with van der Waals surface area (Å²) < 4.78 is 3.92. The van der Waals surface area contributed by atoms with Gasteiger partial charge in [0.1, 0.15) is 5.82 Å². The van der Waals surface area contributed by atoms with Crippen LogP contribution in [0.2, 0.25) is 0 Å². The van der Waals surface area contributed by atoms with Crippen LogP contribution in [0.25, 0.3) is 17.1 Å². The van der Waals surface area contributed by atoms with E-state index < -0.39 is 0 Å². The second kappa shape index (κ2) is 8.15. The first-order valence-electron chi connectivity index (χ1n) is 10.9. The lowest BCUT2D eigenvalue weighted by Crippen LogP contribution is -2.45. The van der Waals surface area contributed by atoms with E-state index in [0.29, 0.717) is 36.1 Å². The molecule has 160 valence electrons. The molecule has 1 aromatic carbocycles. The molecule has 0 saturated carbocycles. The van der Waals surface area contributed by atoms with Gasteiger partial charge >= 0.3 is 0 Å². The van der Waals surface area contributed by atoms with Gasteiger partial charge in [-0.05, 0) is 55.1 Å². The SMILES string of the molecule is CNC(=O)CCc1ccc(-n2ccnc2-c2ccc3n(c2=O)C[C@@H]2CNC[C@H]3C2)cc1. The first kappa shape index (κ1) is 19.8. The molecule has 5 rings (SSSR count). The molecule has 1 fully saturated rings. The normalized spacial score (nSPS) is 19.6. The third-order valence-corrected chi connectivity index (χ3v) is 6.52. The van der Waals surface area contributed by atoms with Gasteiger partial charge in [0.15, 0.2) is 0 Å². The number of nitrogens with zero attached hydrogens (tertiary/aromatic N) is 3. The highest BCUT2D eigenvalue weighted by Crippen LogP contribution is 2.32. The number of rotatable bonds is 5. The Hall–Kier alpha value is -3.19. The van der Waals surface area contributed by atoms with Crippen LogP contribution in [-0.2, 0) is 17.8 Å². The van der Waals surface area contributed by atoms with Gasteiger partial charge in [-0.25, -0.2) is 4.98 Å². The zero-order valence-electron chi connectivity index (χ0n) is 17.7. The van der Waals surface area contributed by atoms with Crippen molar-refractivity contribution < 1.29 is 4.79 Å². The second-order valence-electron chi connectivity index (χ2n) is 8.51. The Morgan fingerprint density at radius 1 is 1.19 bits per heavy atom. The smallest absolute Gasteiger partial charge is 0.261 e. The van der Waals surface area contributed by atoms with E-state index in [4.69, 9.17) is 0 Å². The highest BCUT2D eigenvalue weighted by atomic mass is 16.1. The fourth-order valence-corrected chi connectivity index (χ4v) is 4.88. The largest absolute Gasteiger partial charge is 0.359 e. The van der Waals surface area contributed by atoms with Crippen molar-refractivity contribution in [2.24, 2.45) is 5.92 Å². The first-order valence-corrected chi connectivity index (χ1v) is 10.9. The maximum absolute atomic E-state index is 13.4. The third-order valence-electron chi connectivity index (χ3n) is 6.52. The molecule has 1 saturated heterocycles. The van der Waals surface area contributed by atoms with E-state index in [1.54, 1.807) is 13.2 Å². The van der Waals surface area contributed by atoms with Crippen LogP contribution in [0, 0.1) is 5.92 Å². The lowest BCUT2D eigenvalue weighted by molar-refractivity contribution is -0.120. The van der Waals surface area contributed by atoms with Crippen molar-refractivity contribution in [3.8, 4) is 17.1 Å². The van der Waals surface area contributed by atoms with Crippen LogP contribution < -0.4 is 16.2 Å². The van der Waals surface area contributed by atoms with Crippen molar-refractivity contribution in [3.63, 3.8) is 0 Å². The summed E-state index contributed by atoms with van der Waals surface area (Å²) in [7, 11) is 1.65. The molecule has 2 aliphatic rings. The Balaban J connectivity index is 1.45. The van der Waals surface area contributed by atoms with E-state index >= 15 is 0 Å². The van der Waals surface area contributed by atoms with Crippen molar-refractivity contribution in [1.29, 1.82) is 0 Å². The number of fused-ring (bicyclic) bond motifs is 4. The van der Waals surface area contributed by atoms with Crippen LogP contribution in [0.15, 0.2) is 53.6 Å². The number of nitrogens with one attached hydrogen (secondary N) is 2. The Bertz CT molecular complexity index is 1160. The Kier molecular flexibility index (Phi) is 5.19. The molecule has 0 spiro atoms. The molecule has 2 aromatic heterocycles. The molecule has 2 N–H and O–H groups in total. The van der Waals surface area contributed by atoms with Gasteiger partial charge in [0.05, 0.1) is 5.56 Å². The molecule has 1 amide bonds. The zero-order valence-corrected chi connectivity index (χ0v) is 17.7. The first-order chi connectivity index (χ1) is 15.1. The van der Waals surface area contributed by atoms with Crippen LogP contribution in [0.5, 0.6) is 0 Å². The molecular weight excluding hydrogens is 390 g/mol. The predicted octanol–water partition coefficient (Wildman–Crippen LogP) is 2.09. The summed E-state index contributed by atoms with van der Waals surface area (Å²) in [6.45, 7) is 2.69. The highest BCUT2D eigenvalue weighted by molar-refractivity contribution is 5.75. The van der Waals surface area contributed by atoms with Crippen LogP contribution in [0.3, 0.4) is 0 Å². The number of benzene rings is 1. The number of amides is 1. The number of aryl methyl sites for hydroxylation is 1. The van der Waals surface area contributed by atoms with Crippen molar-refractivity contribution in [1.82, 2.24) is 24.8 Å². The number of carbonyl (C=O) groups excluding carboxylic acids is 1.